The fourth-order valence-electron chi connectivity index (χ4n) is 3.80. The molecule has 0 radical (unpaired) electrons. The summed E-state index contributed by atoms with van der Waals surface area (Å²) in [4.78, 5) is 24.7. The molecule has 2 N–H and O–H groups in total. The molecule has 0 heterocycles. The minimum absolute atomic E-state index is 0.0819. The highest BCUT2D eigenvalue weighted by atomic mass is 16.5. The molecule has 0 amide bonds. The Labute approximate surface area is 203 Å². The van der Waals surface area contributed by atoms with E-state index in [1.807, 2.05) is 19.9 Å². The SMILES string of the molecule is COc1ccc(C(=O)O[C@H](CC=C(C)C)c2cc(OC)c3c(NO)ccc(N=O)c3c2OC)cc1. The maximum atomic E-state index is 13.0. The van der Waals surface area contributed by atoms with E-state index < -0.39 is 12.1 Å². The number of methoxy groups -OCH3 is 3. The zero-order chi connectivity index (χ0) is 25.5. The van der Waals surface area contributed by atoms with Crippen LogP contribution in [0.25, 0.3) is 10.8 Å². The van der Waals surface area contributed by atoms with E-state index in [1.54, 1.807) is 37.4 Å². The van der Waals surface area contributed by atoms with E-state index in [9.17, 15) is 14.9 Å². The van der Waals surface area contributed by atoms with Crippen LogP contribution in [0.5, 0.6) is 17.2 Å². The molecule has 0 aromatic heterocycles. The fourth-order valence-corrected chi connectivity index (χ4v) is 3.80. The number of nitrogens with one attached hydrogen (secondary N) is 1. The van der Waals surface area contributed by atoms with Gasteiger partial charge in [-0.1, -0.05) is 11.6 Å². The number of rotatable bonds is 10. The zero-order valence-electron chi connectivity index (χ0n) is 20.2. The standard InChI is InChI=1S/C26H28N2O7/c1-15(2)6-13-21(35-26(29)16-7-9-17(32-3)10-8-16)18-14-22(33-4)23-19(27-30)11-12-20(28-31)24(23)25(18)34-5/h6-12,14,21,27,30H,13H2,1-5H3/t21-/m1/s1. The number of nitrogens with zero attached hydrogens (tertiary/aromatic N) is 1. The molecule has 0 saturated carbocycles. The highest BCUT2D eigenvalue weighted by molar-refractivity contribution is 6.08. The van der Waals surface area contributed by atoms with E-state index in [0.29, 0.717) is 45.5 Å². The molecule has 3 rings (SSSR count). The predicted octanol–water partition coefficient (Wildman–Crippen LogP) is 6.32. The van der Waals surface area contributed by atoms with E-state index in [2.05, 4.69) is 10.7 Å². The summed E-state index contributed by atoms with van der Waals surface area (Å²) in [6.45, 7) is 3.88. The fraction of sp³-hybridized carbons (Fsp3) is 0.269. The number of allylic oxidation sites excluding steroid dienone is 1. The molecular weight excluding hydrogens is 452 g/mol. The van der Waals surface area contributed by atoms with E-state index in [1.165, 1.54) is 26.4 Å². The van der Waals surface area contributed by atoms with E-state index in [-0.39, 0.29) is 11.4 Å². The first kappa shape index (κ1) is 25.5. The summed E-state index contributed by atoms with van der Waals surface area (Å²) in [5.41, 5.74) is 4.36. The van der Waals surface area contributed by atoms with Crippen LogP contribution in [0.4, 0.5) is 11.4 Å². The lowest BCUT2D eigenvalue weighted by Crippen LogP contribution is -2.13. The first-order valence-electron chi connectivity index (χ1n) is 10.8. The third-order valence-electron chi connectivity index (χ3n) is 5.51. The molecule has 0 fully saturated rings. The second-order valence-electron chi connectivity index (χ2n) is 7.93. The van der Waals surface area contributed by atoms with Gasteiger partial charge in [-0.15, -0.1) is 4.91 Å². The van der Waals surface area contributed by atoms with E-state index in [0.717, 1.165) is 5.57 Å². The Morgan fingerprint density at radius 3 is 2.29 bits per heavy atom. The van der Waals surface area contributed by atoms with Crippen LogP contribution in [0.2, 0.25) is 0 Å². The molecule has 3 aromatic carbocycles. The van der Waals surface area contributed by atoms with Crippen LogP contribution in [-0.2, 0) is 4.74 Å². The number of nitroso groups, excluding NO2 is 1. The normalized spacial score (nSPS) is 11.4. The van der Waals surface area contributed by atoms with Gasteiger partial charge in [-0.2, -0.15) is 0 Å². The molecule has 184 valence electrons. The maximum absolute atomic E-state index is 13.0. The van der Waals surface area contributed by atoms with Crippen molar-refractivity contribution >= 4 is 28.1 Å². The van der Waals surface area contributed by atoms with Gasteiger partial charge in [0.15, 0.2) is 0 Å². The molecule has 0 bridgehead atoms. The molecule has 0 aliphatic rings. The van der Waals surface area contributed by atoms with Crippen molar-refractivity contribution in [3.05, 3.63) is 70.1 Å². The minimum Gasteiger partial charge on any atom is -0.497 e. The molecule has 0 spiro atoms. The largest absolute Gasteiger partial charge is 0.497 e. The first-order chi connectivity index (χ1) is 16.9. The van der Waals surface area contributed by atoms with Gasteiger partial charge in [0.1, 0.15) is 29.0 Å². The molecule has 0 unspecified atom stereocenters. The molecule has 35 heavy (non-hydrogen) atoms. The van der Waals surface area contributed by atoms with Crippen LogP contribution in [0, 0.1) is 4.91 Å². The Morgan fingerprint density at radius 2 is 1.74 bits per heavy atom. The lowest BCUT2D eigenvalue weighted by atomic mass is 9.96. The summed E-state index contributed by atoms with van der Waals surface area (Å²) < 4.78 is 22.4. The lowest BCUT2D eigenvalue weighted by molar-refractivity contribution is 0.0298. The van der Waals surface area contributed by atoms with Gasteiger partial charge in [0.25, 0.3) is 0 Å². The van der Waals surface area contributed by atoms with Crippen LogP contribution in [-0.4, -0.2) is 32.5 Å². The Balaban J connectivity index is 2.21. The van der Waals surface area contributed by atoms with Gasteiger partial charge in [-0.05, 0) is 61.5 Å². The van der Waals surface area contributed by atoms with Gasteiger partial charge in [-0.3, -0.25) is 10.7 Å². The summed E-state index contributed by atoms with van der Waals surface area (Å²) in [7, 11) is 4.45. The maximum Gasteiger partial charge on any atom is 0.338 e. The Hall–Kier alpha value is -4.11. The van der Waals surface area contributed by atoms with Crippen molar-refractivity contribution in [2.24, 2.45) is 5.18 Å². The number of anilines is 1. The summed E-state index contributed by atoms with van der Waals surface area (Å²) in [5, 5.41) is 13.5. The Morgan fingerprint density at radius 1 is 1.03 bits per heavy atom. The number of fused-ring (bicyclic) bond motifs is 1. The van der Waals surface area contributed by atoms with Gasteiger partial charge >= 0.3 is 5.97 Å². The van der Waals surface area contributed by atoms with Crippen LogP contribution >= 0.6 is 0 Å². The van der Waals surface area contributed by atoms with Gasteiger partial charge in [-0.25, -0.2) is 4.79 Å². The van der Waals surface area contributed by atoms with Gasteiger partial charge in [0, 0.05) is 12.0 Å². The molecule has 9 heteroatoms. The number of hydrogen-bond donors (Lipinski definition) is 2. The molecule has 0 aliphatic heterocycles. The van der Waals surface area contributed by atoms with Crippen molar-refractivity contribution in [2.45, 2.75) is 26.4 Å². The Bertz CT molecular complexity index is 1250. The highest BCUT2D eigenvalue weighted by Crippen LogP contribution is 2.48. The van der Waals surface area contributed by atoms with Crippen LogP contribution in [0.15, 0.2) is 59.3 Å². The molecule has 0 aliphatic carbocycles. The smallest absolute Gasteiger partial charge is 0.338 e. The number of esters is 1. The number of hydrogen-bond acceptors (Lipinski definition) is 9. The molecule has 1 atom stereocenters. The van der Waals surface area contributed by atoms with Crippen molar-refractivity contribution < 1.29 is 28.9 Å². The van der Waals surface area contributed by atoms with E-state index >= 15 is 0 Å². The monoisotopic (exact) mass is 480 g/mol. The van der Waals surface area contributed by atoms with E-state index in [4.69, 9.17) is 18.9 Å². The molecule has 0 saturated heterocycles. The number of benzene rings is 3. The average molecular weight is 481 g/mol. The molecule has 3 aromatic rings. The lowest BCUT2D eigenvalue weighted by Gasteiger charge is -2.23. The van der Waals surface area contributed by atoms with Crippen molar-refractivity contribution in [3.63, 3.8) is 0 Å². The average Bonchev–Trinajstić information content (AvgIpc) is 2.89. The summed E-state index contributed by atoms with van der Waals surface area (Å²) in [5.74, 6) is 0.689. The van der Waals surface area contributed by atoms with Crippen molar-refractivity contribution in [3.8, 4) is 17.2 Å². The van der Waals surface area contributed by atoms with Crippen molar-refractivity contribution in [2.75, 3.05) is 26.8 Å². The van der Waals surface area contributed by atoms with Gasteiger partial charge < -0.3 is 18.9 Å². The summed E-state index contributed by atoms with van der Waals surface area (Å²) >= 11 is 0. The van der Waals surface area contributed by atoms with Crippen LogP contribution in [0.1, 0.15) is 42.3 Å². The third-order valence-corrected chi connectivity index (χ3v) is 5.51. The zero-order valence-corrected chi connectivity index (χ0v) is 20.2. The third kappa shape index (κ3) is 5.36. The summed E-state index contributed by atoms with van der Waals surface area (Å²) in [6.07, 6.45) is 1.50. The summed E-state index contributed by atoms with van der Waals surface area (Å²) in [6, 6.07) is 11.2. The topological polar surface area (TPSA) is 116 Å². The number of carbonyl (C=O) groups excluding carboxylic acids is 1. The second-order valence-corrected chi connectivity index (χ2v) is 7.93. The van der Waals surface area contributed by atoms with Crippen LogP contribution < -0.4 is 19.7 Å². The van der Waals surface area contributed by atoms with Gasteiger partial charge in [0.2, 0.25) is 0 Å². The molecular formula is C26H28N2O7. The first-order valence-corrected chi connectivity index (χ1v) is 10.8. The van der Waals surface area contributed by atoms with Gasteiger partial charge in [0.05, 0.1) is 43.4 Å². The predicted molar refractivity (Wildman–Crippen MR) is 133 cm³/mol. The second kappa shape index (κ2) is 11.3. The number of ether oxygens (including phenoxy) is 4. The minimum atomic E-state index is -0.780. The molecule has 9 nitrogen and oxygen atoms in total. The van der Waals surface area contributed by atoms with Crippen molar-refractivity contribution in [1.29, 1.82) is 0 Å². The van der Waals surface area contributed by atoms with Crippen LogP contribution in [0.3, 0.4) is 0 Å². The quantitative estimate of drug-likeness (QED) is 0.150. The highest BCUT2D eigenvalue weighted by Gasteiger charge is 2.27. The van der Waals surface area contributed by atoms with Crippen molar-refractivity contribution in [1.82, 2.24) is 0 Å². The number of carbonyl (C=O) groups is 1. The Kier molecular flexibility index (Phi) is 8.27.